The highest BCUT2D eigenvalue weighted by molar-refractivity contribution is 5.96. The fraction of sp³-hybridized carbons (Fsp3) is 0.375. The first kappa shape index (κ1) is 8.74. The molecule has 1 aliphatic heterocycles. The molecule has 0 radical (unpaired) electrons. The van der Waals surface area contributed by atoms with Gasteiger partial charge >= 0.3 is 0 Å². The Bertz CT molecular complexity index is 452. The van der Waals surface area contributed by atoms with Gasteiger partial charge in [-0.2, -0.15) is 0 Å². The Hall–Kier alpha value is -1.85. The second-order valence-electron chi connectivity index (χ2n) is 3.08. The minimum absolute atomic E-state index is 0.0719. The summed E-state index contributed by atoms with van der Waals surface area (Å²) in [6, 6.07) is 0. The van der Waals surface area contributed by atoms with E-state index in [-0.39, 0.29) is 23.0 Å². The third kappa shape index (κ3) is 1.24. The molecule has 6 heteroatoms. The van der Waals surface area contributed by atoms with Crippen molar-refractivity contribution in [1.82, 2.24) is 9.97 Å². The summed E-state index contributed by atoms with van der Waals surface area (Å²) in [7, 11) is 0. The average molecular weight is 195 g/mol. The molecule has 0 fully saturated rings. The number of carbonyl (C=O) groups is 1. The van der Waals surface area contributed by atoms with Gasteiger partial charge in [0.05, 0.1) is 0 Å². The van der Waals surface area contributed by atoms with Crippen LogP contribution in [0.1, 0.15) is 12.7 Å². The van der Waals surface area contributed by atoms with Crippen LogP contribution in [0.2, 0.25) is 0 Å². The van der Waals surface area contributed by atoms with Crippen molar-refractivity contribution in [3.8, 4) is 5.75 Å². The number of aromatic nitrogens is 2. The van der Waals surface area contributed by atoms with Crippen LogP contribution in [0.5, 0.6) is 5.75 Å². The van der Waals surface area contributed by atoms with Gasteiger partial charge in [-0.05, 0) is 13.8 Å². The Morgan fingerprint density at radius 2 is 2.14 bits per heavy atom. The van der Waals surface area contributed by atoms with Crippen LogP contribution in [0.25, 0.3) is 0 Å². The van der Waals surface area contributed by atoms with Gasteiger partial charge in [0.15, 0.2) is 11.9 Å². The van der Waals surface area contributed by atoms with Crippen LogP contribution in [-0.4, -0.2) is 22.0 Å². The van der Waals surface area contributed by atoms with Crippen molar-refractivity contribution in [2.24, 2.45) is 0 Å². The maximum Gasteiger partial charge on any atom is 0.295 e. The molecule has 2 N–H and O–H groups in total. The van der Waals surface area contributed by atoms with E-state index >= 15 is 0 Å². The van der Waals surface area contributed by atoms with E-state index in [0.29, 0.717) is 5.82 Å². The van der Waals surface area contributed by atoms with Crippen LogP contribution in [-0.2, 0) is 4.79 Å². The number of carbonyl (C=O) groups excluding carboxylic acids is 1. The zero-order chi connectivity index (χ0) is 10.3. The third-order valence-corrected chi connectivity index (χ3v) is 1.90. The van der Waals surface area contributed by atoms with Crippen molar-refractivity contribution in [3.63, 3.8) is 0 Å². The summed E-state index contributed by atoms with van der Waals surface area (Å²) in [6.45, 7) is 3.20. The second kappa shape index (κ2) is 2.83. The van der Waals surface area contributed by atoms with Gasteiger partial charge in [-0.15, -0.1) is 0 Å². The zero-order valence-electron chi connectivity index (χ0n) is 7.75. The molecule has 0 bridgehead atoms. The number of nitrogens with zero attached hydrogens (tertiary/aromatic N) is 1. The third-order valence-electron chi connectivity index (χ3n) is 1.90. The maximum absolute atomic E-state index is 11.4. The highest BCUT2D eigenvalue weighted by Crippen LogP contribution is 2.22. The fourth-order valence-electron chi connectivity index (χ4n) is 1.22. The fourth-order valence-corrected chi connectivity index (χ4v) is 1.22. The molecular weight excluding hydrogens is 186 g/mol. The van der Waals surface area contributed by atoms with Crippen molar-refractivity contribution in [2.45, 2.75) is 20.0 Å². The lowest BCUT2D eigenvalue weighted by Crippen LogP contribution is -2.37. The van der Waals surface area contributed by atoms with E-state index in [2.05, 4.69) is 15.3 Å². The minimum Gasteiger partial charge on any atom is -0.472 e. The van der Waals surface area contributed by atoms with Gasteiger partial charge in [0, 0.05) is 0 Å². The second-order valence-corrected chi connectivity index (χ2v) is 3.08. The van der Waals surface area contributed by atoms with Gasteiger partial charge in [-0.1, -0.05) is 0 Å². The zero-order valence-corrected chi connectivity index (χ0v) is 7.75. The first-order valence-electron chi connectivity index (χ1n) is 4.16. The van der Waals surface area contributed by atoms with Gasteiger partial charge in [0.2, 0.25) is 5.75 Å². The lowest BCUT2D eigenvalue weighted by Gasteiger charge is -2.21. The van der Waals surface area contributed by atoms with Crippen LogP contribution in [0.15, 0.2) is 4.79 Å². The molecule has 1 aromatic heterocycles. The molecule has 0 aromatic carbocycles. The van der Waals surface area contributed by atoms with Crippen LogP contribution in [0.4, 0.5) is 5.82 Å². The van der Waals surface area contributed by atoms with Gasteiger partial charge in [0.25, 0.3) is 11.5 Å². The molecule has 2 rings (SSSR count). The molecule has 74 valence electrons. The number of aryl methyl sites for hydroxylation is 1. The Morgan fingerprint density at radius 3 is 2.86 bits per heavy atom. The van der Waals surface area contributed by atoms with Crippen LogP contribution >= 0.6 is 0 Å². The largest absolute Gasteiger partial charge is 0.472 e. The summed E-state index contributed by atoms with van der Waals surface area (Å²) in [4.78, 5) is 29.0. The average Bonchev–Trinajstić information content (AvgIpc) is 2.08. The SMILES string of the molecule is Cc1nc2c(c(=O)[nH]1)OC(C)C(=O)N2. The van der Waals surface area contributed by atoms with Crippen molar-refractivity contribution in [1.29, 1.82) is 0 Å². The first-order chi connectivity index (χ1) is 6.58. The van der Waals surface area contributed by atoms with Crippen LogP contribution in [0, 0.1) is 6.92 Å². The summed E-state index contributed by atoms with van der Waals surface area (Å²) in [5.74, 6) is 0.402. The number of aromatic amines is 1. The molecule has 2 heterocycles. The number of hydrogen-bond donors (Lipinski definition) is 2. The molecule has 1 unspecified atom stereocenters. The lowest BCUT2D eigenvalue weighted by atomic mass is 10.3. The first-order valence-corrected chi connectivity index (χ1v) is 4.16. The summed E-state index contributed by atoms with van der Waals surface area (Å²) < 4.78 is 5.11. The number of ether oxygens (including phenoxy) is 1. The quantitative estimate of drug-likeness (QED) is 0.600. The van der Waals surface area contributed by atoms with E-state index in [1.165, 1.54) is 0 Å². The molecule has 1 amide bonds. The normalized spacial score (nSPS) is 19.6. The molecule has 0 spiro atoms. The molecule has 1 aliphatic rings. The molecule has 0 saturated carbocycles. The molecule has 6 nitrogen and oxygen atoms in total. The minimum atomic E-state index is -0.659. The smallest absolute Gasteiger partial charge is 0.295 e. The lowest BCUT2D eigenvalue weighted by molar-refractivity contribution is -0.122. The monoisotopic (exact) mass is 195 g/mol. The van der Waals surface area contributed by atoms with Gasteiger partial charge in [0.1, 0.15) is 5.82 Å². The number of hydrogen-bond acceptors (Lipinski definition) is 4. The number of rotatable bonds is 0. The van der Waals surface area contributed by atoms with E-state index in [0.717, 1.165) is 0 Å². The highest BCUT2D eigenvalue weighted by atomic mass is 16.5. The summed E-state index contributed by atoms with van der Waals surface area (Å²) in [5.41, 5.74) is -0.376. The van der Waals surface area contributed by atoms with Crippen LogP contribution in [0.3, 0.4) is 0 Å². The number of anilines is 1. The molecule has 0 saturated heterocycles. The summed E-state index contributed by atoms with van der Waals surface area (Å²) in [6.07, 6.45) is -0.659. The Balaban J connectivity index is 2.57. The number of fused-ring (bicyclic) bond motifs is 1. The van der Waals surface area contributed by atoms with E-state index in [1.54, 1.807) is 13.8 Å². The molecule has 1 atom stereocenters. The number of amides is 1. The van der Waals surface area contributed by atoms with Crippen molar-refractivity contribution < 1.29 is 9.53 Å². The Morgan fingerprint density at radius 1 is 1.43 bits per heavy atom. The maximum atomic E-state index is 11.4. The Kier molecular flexibility index (Phi) is 1.77. The topological polar surface area (TPSA) is 84.1 Å². The summed E-state index contributed by atoms with van der Waals surface area (Å²) >= 11 is 0. The number of H-pyrrole nitrogens is 1. The predicted octanol–water partition coefficient (Wildman–Crippen LogP) is -0.202. The predicted molar refractivity (Wildman–Crippen MR) is 48.3 cm³/mol. The summed E-state index contributed by atoms with van der Waals surface area (Å²) in [5, 5.41) is 2.50. The molecule has 14 heavy (non-hydrogen) atoms. The van der Waals surface area contributed by atoms with Crippen molar-refractivity contribution in [2.75, 3.05) is 5.32 Å². The standard InChI is InChI=1S/C8H9N3O3/c1-3-7(12)11-6-5(14-3)8(13)10-4(2)9-6/h3H,1-2H3,(H2,9,10,11,12,13). The van der Waals surface area contributed by atoms with E-state index in [9.17, 15) is 9.59 Å². The van der Waals surface area contributed by atoms with Gasteiger partial charge in [-0.25, -0.2) is 4.98 Å². The molecule has 0 aliphatic carbocycles. The molecule has 1 aromatic rings. The van der Waals surface area contributed by atoms with E-state index < -0.39 is 6.10 Å². The van der Waals surface area contributed by atoms with Gasteiger partial charge < -0.3 is 15.0 Å². The van der Waals surface area contributed by atoms with E-state index in [1.807, 2.05) is 0 Å². The molecular formula is C8H9N3O3. The van der Waals surface area contributed by atoms with Crippen molar-refractivity contribution >= 4 is 11.7 Å². The Labute approximate surface area is 79.3 Å². The van der Waals surface area contributed by atoms with Crippen molar-refractivity contribution in [3.05, 3.63) is 16.2 Å². The number of nitrogens with one attached hydrogen (secondary N) is 2. The highest BCUT2D eigenvalue weighted by Gasteiger charge is 2.26. The van der Waals surface area contributed by atoms with Gasteiger partial charge in [-0.3, -0.25) is 9.59 Å². The van der Waals surface area contributed by atoms with E-state index in [4.69, 9.17) is 4.74 Å². The van der Waals surface area contributed by atoms with Crippen LogP contribution < -0.4 is 15.6 Å².